The van der Waals surface area contributed by atoms with Crippen LogP contribution in [0.3, 0.4) is 0 Å². The van der Waals surface area contributed by atoms with Gasteiger partial charge in [0.15, 0.2) is 5.78 Å². The average molecular weight is 300 g/mol. The van der Waals surface area contributed by atoms with Gasteiger partial charge in [-0.2, -0.15) is 5.10 Å². The highest BCUT2D eigenvalue weighted by molar-refractivity contribution is 5.96. The van der Waals surface area contributed by atoms with Crippen LogP contribution < -0.4 is 10.6 Å². The molecule has 0 spiro atoms. The number of rotatable bonds is 4. The van der Waals surface area contributed by atoms with Crippen molar-refractivity contribution in [3.05, 3.63) is 47.3 Å². The van der Waals surface area contributed by atoms with Crippen LogP contribution >= 0.6 is 0 Å². The molecule has 1 aromatic carbocycles. The standard InChI is InChI=1S/C16H20N4O2/c1-10-7-14(5-6-15(10)12(3)21)19-16(22)18-11(2)13-8-17-20(4)9-13/h5-9,11H,1-4H3,(H2,18,19,22)/t11-/m0/s1. The number of ketones is 1. The number of carbonyl (C=O) groups excluding carboxylic acids is 2. The third-order valence-corrected chi connectivity index (χ3v) is 3.44. The number of benzene rings is 1. The summed E-state index contributed by atoms with van der Waals surface area (Å²) in [5, 5.41) is 9.69. The van der Waals surface area contributed by atoms with Gasteiger partial charge in [0.25, 0.3) is 0 Å². The Hall–Kier alpha value is -2.63. The smallest absolute Gasteiger partial charge is 0.319 e. The van der Waals surface area contributed by atoms with Crippen LogP contribution in [0.5, 0.6) is 0 Å². The first-order chi connectivity index (χ1) is 10.4. The van der Waals surface area contributed by atoms with Crippen LogP contribution in [0.15, 0.2) is 30.6 Å². The second-order valence-electron chi connectivity index (χ2n) is 5.35. The second kappa shape index (κ2) is 6.43. The summed E-state index contributed by atoms with van der Waals surface area (Å²) >= 11 is 0. The third kappa shape index (κ3) is 3.72. The topological polar surface area (TPSA) is 76.0 Å². The van der Waals surface area contributed by atoms with Crippen molar-refractivity contribution < 1.29 is 9.59 Å². The minimum absolute atomic E-state index is 0.0127. The van der Waals surface area contributed by atoms with Crippen LogP contribution in [0.2, 0.25) is 0 Å². The van der Waals surface area contributed by atoms with Crippen molar-refractivity contribution >= 4 is 17.5 Å². The zero-order chi connectivity index (χ0) is 16.3. The number of Topliss-reactive ketones (excluding diaryl/α,β-unsaturated/α-hetero) is 1. The lowest BCUT2D eigenvalue weighted by molar-refractivity contribution is 0.101. The van der Waals surface area contributed by atoms with Gasteiger partial charge < -0.3 is 10.6 Å². The van der Waals surface area contributed by atoms with Crippen molar-refractivity contribution in [3.8, 4) is 0 Å². The highest BCUT2D eigenvalue weighted by atomic mass is 16.2. The molecule has 1 atom stereocenters. The van der Waals surface area contributed by atoms with Gasteiger partial charge in [0.05, 0.1) is 12.2 Å². The molecule has 6 nitrogen and oxygen atoms in total. The summed E-state index contributed by atoms with van der Waals surface area (Å²) in [7, 11) is 1.83. The Balaban J connectivity index is 2.00. The summed E-state index contributed by atoms with van der Waals surface area (Å²) in [5.74, 6) is 0.0127. The number of hydrogen-bond acceptors (Lipinski definition) is 3. The number of hydrogen-bond donors (Lipinski definition) is 2. The van der Waals surface area contributed by atoms with E-state index in [-0.39, 0.29) is 17.9 Å². The minimum Gasteiger partial charge on any atom is -0.331 e. The zero-order valence-electron chi connectivity index (χ0n) is 13.2. The summed E-state index contributed by atoms with van der Waals surface area (Å²) in [5.41, 5.74) is 3.08. The van der Waals surface area contributed by atoms with E-state index < -0.39 is 0 Å². The quantitative estimate of drug-likeness (QED) is 0.852. The zero-order valence-corrected chi connectivity index (χ0v) is 13.2. The molecule has 0 radical (unpaired) electrons. The largest absolute Gasteiger partial charge is 0.331 e. The summed E-state index contributed by atoms with van der Waals surface area (Å²) in [4.78, 5) is 23.4. The third-order valence-electron chi connectivity index (χ3n) is 3.44. The molecule has 0 bridgehead atoms. The van der Waals surface area contributed by atoms with Gasteiger partial charge in [0, 0.05) is 30.1 Å². The monoisotopic (exact) mass is 300 g/mol. The molecular weight excluding hydrogens is 280 g/mol. The maximum atomic E-state index is 12.0. The Morgan fingerprint density at radius 2 is 2.05 bits per heavy atom. The van der Waals surface area contributed by atoms with Crippen molar-refractivity contribution in [2.75, 3.05) is 5.32 Å². The van der Waals surface area contributed by atoms with Crippen LogP contribution in [0.4, 0.5) is 10.5 Å². The normalized spacial score (nSPS) is 11.8. The molecular formula is C16H20N4O2. The lowest BCUT2D eigenvalue weighted by Crippen LogP contribution is -2.31. The van der Waals surface area contributed by atoms with E-state index in [2.05, 4.69) is 15.7 Å². The molecule has 0 saturated carbocycles. The van der Waals surface area contributed by atoms with Gasteiger partial charge in [0.1, 0.15) is 0 Å². The Labute approximate surface area is 129 Å². The van der Waals surface area contributed by atoms with Gasteiger partial charge in [-0.3, -0.25) is 9.48 Å². The van der Waals surface area contributed by atoms with E-state index in [1.165, 1.54) is 6.92 Å². The molecule has 2 amide bonds. The summed E-state index contributed by atoms with van der Waals surface area (Å²) in [6.45, 7) is 5.26. The molecule has 0 unspecified atom stereocenters. The van der Waals surface area contributed by atoms with E-state index in [9.17, 15) is 9.59 Å². The second-order valence-corrected chi connectivity index (χ2v) is 5.35. The van der Waals surface area contributed by atoms with Crippen LogP contribution in [0.1, 0.15) is 41.4 Å². The van der Waals surface area contributed by atoms with Crippen LogP contribution in [0, 0.1) is 6.92 Å². The molecule has 0 fully saturated rings. The predicted octanol–water partition coefficient (Wildman–Crippen LogP) is 2.81. The first-order valence-corrected chi connectivity index (χ1v) is 7.04. The lowest BCUT2D eigenvalue weighted by Gasteiger charge is -2.14. The Morgan fingerprint density at radius 3 is 2.59 bits per heavy atom. The molecule has 0 aliphatic heterocycles. The van der Waals surface area contributed by atoms with Crippen molar-refractivity contribution in [2.24, 2.45) is 7.05 Å². The number of aryl methyl sites for hydroxylation is 2. The molecule has 6 heteroatoms. The van der Waals surface area contributed by atoms with Crippen LogP contribution in [0.25, 0.3) is 0 Å². The molecule has 0 aliphatic rings. The van der Waals surface area contributed by atoms with Crippen molar-refractivity contribution in [1.82, 2.24) is 15.1 Å². The number of anilines is 1. The van der Waals surface area contributed by atoms with E-state index >= 15 is 0 Å². The van der Waals surface area contributed by atoms with Crippen molar-refractivity contribution in [2.45, 2.75) is 26.8 Å². The van der Waals surface area contributed by atoms with Crippen molar-refractivity contribution in [1.29, 1.82) is 0 Å². The molecule has 2 aromatic rings. The number of urea groups is 1. The van der Waals surface area contributed by atoms with Crippen molar-refractivity contribution in [3.63, 3.8) is 0 Å². The Bertz CT molecular complexity index is 706. The SMILES string of the molecule is CC(=O)c1ccc(NC(=O)N[C@@H](C)c2cnn(C)c2)cc1C. The molecule has 2 rings (SSSR count). The van der Waals surface area contributed by atoms with Gasteiger partial charge >= 0.3 is 6.03 Å². The number of nitrogens with zero attached hydrogens (tertiary/aromatic N) is 2. The number of nitrogens with one attached hydrogen (secondary N) is 2. The summed E-state index contributed by atoms with van der Waals surface area (Å²) in [6.07, 6.45) is 3.58. The summed E-state index contributed by atoms with van der Waals surface area (Å²) in [6, 6.07) is 4.78. The predicted molar refractivity (Wildman–Crippen MR) is 85.0 cm³/mol. The molecule has 0 saturated heterocycles. The van der Waals surface area contributed by atoms with E-state index in [0.717, 1.165) is 11.1 Å². The highest BCUT2D eigenvalue weighted by Gasteiger charge is 2.12. The molecule has 22 heavy (non-hydrogen) atoms. The maximum Gasteiger partial charge on any atom is 0.319 e. The van der Waals surface area contributed by atoms with Crippen LogP contribution in [-0.4, -0.2) is 21.6 Å². The Kier molecular flexibility index (Phi) is 4.60. The molecule has 1 heterocycles. The number of carbonyl (C=O) groups is 2. The fourth-order valence-corrected chi connectivity index (χ4v) is 2.25. The number of amides is 2. The van der Waals surface area contributed by atoms with Gasteiger partial charge in [0.2, 0.25) is 0 Å². The minimum atomic E-state index is -0.300. The Morgan fingerprint density at radius 1 is 1.32 bits per heavy atom. The fourth-order valence-electron chi connectivity index (χ4n) is 2.25. The van der Waals surface area contributed by atoms with Gasteiger partial charge in [-0.25, -0.2) is 4.79 Å². The maximum absolute atomic E-state index is 12.0. The average Bonchev–Trinajstić information content (AvgIpc) is 2.85. The molecule has 1 aromatic heterocycles. The van der Waals surface area contributed by atoms with Crippen LogP contribution in [-0.2, 0) is 7.05 Å². The van der Waals surface area contributed by atoms with E-state index in [1.807, 2.05) is 27.1 Å². The number of aromatic nitrogens is 2. The first-order valence-electron chi connectivity index (χ1n) is 7.04. The van der Waals surface area contributed by atoms with Gasteiger partial charge in [-0.15, -0.1) is 0 Å². The van der Waals surface area contributed by atoms with Gasteiger partial charge in [-0.05, 0) is 44.5 Å². The lowest BCUT2D eigenvalue weighted by atomic mass is 10.1. The van der Waals surface area contributed by atoms with E-state index in [0.29, 0.717) is 11.3 Å². The summed E-state index contributed by atoms with van der Waals surface area (Å²) < 4.78 is 1.69. The van der Waals surface area contributed by atoms with Gasteiger partial charge in [-0.1, -0.05) is 0 Å². The molecule has 0 aliphatic carbocycles. The molecule has 116 valence electrons. The molecule has 2 N–H and O–H groups in total. The highest BCUT2D eigenvalue weighted by Crippen LogP contribution is 2.16. The first kappa shape index (κ1) is 15.8. The fraction of sp³-hybridized carbons (Fsp3) is 0.312. The van der Waals surface area contributed by atoms with E-state index in [4.69, 9.17) is 0 Å². The van der Waals surface area contributed by atoms with E-state index in [1.54, 1.807) is 29.1 Å².